The Morgan fingerprint density at radius 2 is 1.97 bits per heavy atom. The fraction of sp³-hybridized carbons (Fsp3) is 0.200. The van der Waals surface area contributed by atoms with Gasteiger partial charge in [-0.3, -0.25) is 4.98 Å². The summed E-state index contributed by atoms with van der Waals surface area (Å²) >= 11 is 0. The molecule has 1 aliphatic heterocycles. The second kappa shape index (κ2) is 6.97. The molecule has 0 bridgehead atoms. The lowest BCUT2D eigenvalue weighted by Gasteiger charge is -2.09. The zero-order valence-electron chi connectivity index (χ0n) is 15.5. The number of nitrogens with one attached hydrogen (secondary N) is 1. The van der Waals surface area contributed by atoms with Crippen LogP contribution in [0.15, 0.2) is 55.1 Å². The maximum absolute atomic E-state index is 13.1. The molecule has 1 atom stereocenters. The molecule has 5 rings (SSSR count). The standard InChI is InChI=1S/C20H15F3N6O/c21-20(22,23)19-18(26-28-27-19)12-5-6-24-15(7-12)16-9-29(11-25-16)8-13-10-30-17-4-2-1-3-14(13)17/h1-7,9,11,13H,8,10H2,(H,26,27,28)/t13-/m1/s1. The number of hydrogen-bond acceptors (Lipinski definition) is 5. The highest BCUT2D eigenvalue weighted by atomic mass is 19.4. The third-order valence-corrected chi connectivity index (χ3v) is 4.98. The van der Waals surface area contributed by atoms with E-state index in [2.05, 4.69) is 20.2 Å². The van der Waals surface area contributed by atoms with Crippen molar-refractivity contribution in [1.82, 2.24) is 29.9 Å². The number of ether oxygens (including phenoxy) is 1. The van der Waals surface area contributed by atoms with Gasteiger partial charge < -0.3 is 9.30 Å². The molecule has 152 valence electrons. The Morgan fingerprint density at radius 3 is 2.83 bits per heavy atom. The van der Waals surface area contributed by atoms with Crippen molar-refractivity contribution < 1.29 is 17.9 Å². The number of rotatable bonds is 4. The van der Waals surface area contributed by atoms with Crippen molar-refractivity contribution in [3.05, 3.63) is 66.4 Å². The van der Waals surface area contributed by atoms with Crippen molar-refractivity contribution in [2.75, 3.05) is 6.61 Å². The van der Waals surface area contributed by atoms with Crippen LogP contribution in [0.5, 0.6) is 5.75 Å². The molecule has 4 heterocycles. The first kappa shape index (κ1) is 18.3. The molecule has 0 aliphatic carbocycles. The van der Waals surface area contributed by atoms with Gasteiger partial charge in [-0.1, -0.05) is 18.2 Å². The topological polar surface area (TPSA) is 81.5 Å². The highest BCUT2D eigenvalue weighted by molar-refractivity contribution is 5.67. The summed E-state index contributed by atoms with van der Waals surface area (Å²) in [4.78, 5) is 8.62. The normalized spacial score (nSPS) is 15.8. The lowest BCUT2D eigenvalue weighted by atomic mass is 10.0. The minimum absolute atomic E-state index is 0.201. The summed E-state index contributed by atoms with van der Waals surface area (Å²) in [6, 6.07) is 10.9. The molecule has 0 unspecified atom stereocenters. The second-order valence-corrected chi connectivity index (χ2v) is 6.95. The van der Waals surface area contributed by atoms with Gasteiger partial charge >= 0.3 is 6.18 Å². The van der Waals surface area contributed by atoms with Crippen molar-refractivity contribution in [3.8, 4) is 28.4 Å². The number of aromatic nitrogens is 6. The molecule has 1 aliphatic rings. The summed E-state index contributed by atoms with van der Waals surface area (Å²) in [6.45, 7) is 1.26. The molecule has 0 amide bonds. The van der Waals surface area contributed by atoms with Gasteiger partial charge in [0.25, 0.3) is 0 Å². The van der Waals surface area contributed by atoms with E-state index in [1.165, 1.54) is 18.3 Å². The zero-order chi connectivity index (χ0) is 20.7. The average Bonchev–Trinajstić information content (AvgIpc) is 3.48. The first-order chi connectivity index (χ1) is 14.5. The van der Waals surface area contributed by atoms with Gasteiger partial charge in [-0.15, -0.1) is 0 Å². The molecule has 0 radical (unpaired) electrons. The Balaban J connectivity index is 1.40. The van der Waals surface area contributed by atoms with Crippen LogP contribution < -0.4 is 4.74 Å². The lowest BCUT2D eigenvalue weighted by Crippen LogP contribution is -2.09. The molecule has 0 saturated heterocycles. The number of aromatic amines is 1. The molecule has 30 heavy (non-hydrogen) atoms. The van der Waals surface area contributed by atoms with Crippen LogP contribution in [-0.2, 0) is 12.7 Å². The van der Waals surface area contributed by atoms with Crippen LogP contribution in [0.2, 0.25) is 0 Å². The van der Waals surface area contributed by atoms with Crippen LogP contribution in [0.3, 0.4) is 0 Å². The largest absolute Gasteiger partial charge is 0.493 e. The van der Waals surface area contributed by atoms with Crippen molar-refractivity contribution in [1.29, 1.82) is 0 Å². The number of para-hydroxylation sites is 1. The minimum Gasteiger partial charge on any atom is -0.493 e. The third kappa shape index (κ3) is 3.30. The Morgan fingerprint density at radius 1 is 1.10 bits per heavy atom. The summed E-state index contributed by atoms with van der Waals surface area (Å²) in [5.41, 5.74) is 1.08. The molecule has 3 aromatic heterocycles. The van der Waals surface area contributed by atoms with E-state index in [9.17, 15) is 13.2 Å². The highest BCUT2D eigenvalue weighted by Gasteiger charge is 2.38. The van der Waals surface area contributed by atoms with Crippen LogP contribution in [0.1, 0.15) is 17.2 Å². The minimum atomic E-state index is -4.60. The number of pyridine rings is 1. The van der Waals surface area contributed by atoms with Crippen LogP contribution in [0.25, 0.3) is 22.6 Å². The first-order valence-electron chi connectivity index (χ1n) is 9.17. The number of imidazole rings is 1. The number of fused-ring (bicyclic) bond motifs is 1. The SMILES string of the molecule is FC(F)(F)c1n[nH]nc1-c1ccnc(-c2cn(C[C@@H]3COc4ccccc43)cn2)c1. The summed E-state index contributed by atoms with van der Waals surface area (Å²) in [6.07, 6.45) is 0.328. The van der Waals surface area contributed by atoms with Crippen LogP contribution in [0, 0.1) is 0 Å². The molecule has 7 nitrogen and oxygen atoms in total. The number of halogens is 3. The van der Waals surface area contributed by atoms with Crippen molar-refractivity contribution in [3.63, 3.8) is 0 Å². The number of benzene rings is 1. The Labute approximate surface area is 168 Å². The lowest BCUT2D eigenvalue weighted by molar-refractivity contribution is -0.140. The number of nitrogens with zero attached hydrogens (tertiary/aromatic N) is 5. The highest BCUT2D eigenvalue weighted by Crippen LogP contribution is 2.36. The molecule has 1 aromatic carbocycles. The fourth-order valence-corrected chi connectivity index (χ4v) is 3.57. The fourth-order valence-electron chi connectivity index (χ4n) is 3.57. The van der Waals surface area contributed by atoms with Crippen LogP contribution in [-0.4, -0.2) is 36.6 Å². The Kier molecular flexibility index (Phi) is 4.27. The average molecular weight is 412 g/mol. The maximum atomic E-state index is 13.1. The molecular formula is C20H15F3N6O. The summed E-state index contributed by atoms with van der Waals surface area (Å²) in [5, 5.41) is 8.94. The monoisotopic (exact) mass is 412 g/mol. The van der Waals surface area contributed by atoms with E-state index in [1.807, 2.05) is 40.2 Å². The van der Waals surface area contributed by atoms with E-state index < -0.39 is 11.9 Å². The Bertz CT molecular complexity index is 1200. The van der Waals surface area contributed by atoms with Crippen molar-refractivity contribution in [2.24, 2.45) is 0 Å². The van der Waals surface area contributed by atoms with Crippen molar-refractivity contribution >= 4 is 0 Å². The van der Waals surface area contributed by atoms with Gasteiger partial charge in [0, 0.05) is 36.0 Å². The van der Waals surface area contributed by atoms with E-state index >= 15 is 0 Å². The summed E-state index contributed by atoms with van der Waals surface area (Å²) in [5.74, 6) is 1.09. The van der Waals surface area contributed by atoms with E-state index in [1.54, 1.807) is 6.33 Å². The predicted molar refractivity (Wildman–Crippen MR) is 101 cm³/mol. The molecule has 1 N–H and O–H groups in total. The van der Waals surface area contributed by atoms with E-state index in [4.69, 9.17) is 4.74 Å². The summed E-state index contributed by atoms with van der Waals surface area (Å²) in [7, 11) is 0. The number of H-pyrrole nitrogens is 1. The number of hydrogen-bond donors (Lipinski definition) is 1. The first-order valence-corrected chi connectivity index (χ1v) is 9.17. The Hall–Kier alpha value is -3.69. The van der Waals surface area contributed by atoms with Gasteiger partial charge in [-0.2, -0.15) is 28.6 Å². The predicted octanol–water partition coefficient (Wildman–Crippen LogP) is 3.93. The van der Waals surface area contributed by atoms with Gasteiger partial charge in [0.15, 0.2) is 5.69 Å². The van der Waals surface area contributed by atoms with Crippen molar-refractivity contribution in [2.45, 2.75) is 18.6 Å². The molecule has 0 spiro atoms. The zero-order valence-corrected chi connectivity index (χ0v) is 15.5. The molecule has 0 fully saturated rings. The number of alkyl halides is 3. The van der Waals surface area contributed by atoms with Crippen LogP contribution >= 0.6 is 0 Å². The third-order valence-electron chi connectivity index (χ3n) is 4.98. The van der Waals surface area contributed by atoms with Crippen LogP contribution in [0.4, 0.5) is 13.2 Å². The van der Waals surface area contributed by atoms with E-state index in [0.29, 0.717) is 24.5 Å². The molecule has 0 saturated carbocycles. The second-order valence-electron chi connectivity index (χ2n) is 6.95. The molecule has 4 aromatic rings. The van der Waals surface area contributed by atoms with Gasteiger partial charge in [0.1, 0.15) is 17.1 Å². The quantitative estimate of drug-likeness (QED) is 0.549. The molecular weight excluding hydrogens is 397 g/mol. The van der Waals surface area contributed by atoms with Gasteiger partial charge in [0.2, 0.25) is 0 Å². The summed E-state index contributed by atoms with van der Waals surface area (Å²) < 4.78 is 47.0. The molecule has 10 heteroatoms. The van der Waals surface area contributed by atoms with Gasteiger partial charge in [-0.25, -0.2) is 4.98 Å². The van der Waals surface area contributed by atoms with Gasteiger partial charge in [0.05, 0.1) is 18.6 Å². The van der Waals surface area contributed by atoms with Gasteiger partial charge in [-0.05, 0) is 18.2 Å². The maximum Gasteiger partial charge on any atom is 0.437 e. The smallest absolute Gasteiger partial charge is 0.437 e. The van der Waals surface area contributed by atoms with E-state index in [-0.39, 0.29) is 17.2 Å². The van der Waals surface area contributed by atoms with E-state index in [0.717, 1.165) is 11.3 Å².